The van der Waals surface area contributed by atoms with Crippen molar-refractivity contribution in [1.82, 2.24) is 0 Å². The lowest BCUT2D eigenvalue weighted by atomic mass is 9.59. The molecule has 0 amide bonds. The summed E-state index contributed by atoms with van der Waals surface area (Å²) in [4.78, 5) is 0. The van der Waals surface area contributed by atoms with Crippen molar-refractivity contribution in [2.75, 3.05) is 0 Å². The largest absolute Gasteiger partial charge is 0.456 e. The van der Waals surface area contributed by atoms with Gasteiger partial charge in [0.15, 0.2) is 0 Å². The highest BCUT2D eigenvalue weighted by molar-refractivity contribution is 6.69. The second-order valence-corrected chi connectivity index (χ2v) is 12.2. The van der Waals surface area contributed by atoms with Crippen LogP contribution >= 0.6 is 0 Å². The van der Waals surface area contributed by atoms with Gasteiger partial charge in [-0.1, -0.05) is 108 Å². The van der Waals surface area contributed by atoms with E-state index in [2.05, 4.69) is 154 Å². The Bertz CT molecular complexity index is 2360. The molecule has 1 aromatic heterocycles. The summed E-state index contributed by atoms with van der Waals surface area (Å²) in [5, 5.41) is 7.43. The number of furan rings is 1. The highest BCUT2D eigenvalue weighted by Gasteiger charge is 2.21. The molecule has 0 N–H and O–H groups in total. The maximum absolute atomic E-state index is 6.42. The van der Waals surface area contributed by atoms with Gasteiger partial charge in [-0.15, -0.1) is 16.4 Å². The van der Waals surface area contributed by atoms with Crippen molar-refractivity contribution < 1.29 is 4.42 Å². The van der Waals surface area contributed by atoms with Crippen LogP contribution in [-0.2, 0) is 0 Å². The maximum Gasteiger partial charge on any atom is 0.139 e. The molecule has 0 atom stereocenters. The Morgan fingerprint density at radius 2 is 0.909 bits per heavy atom. The molecule has 44 heavy (non-hydrogen) atoms. The Hall–Kier alpha value is -4.82. The molecule has 0 aliphatic rings. The molecule has 1 nitrogen and oxygen atoms in total. The minimum absolute atomic E-state index is 0.911. The van der Waals surface area contributed by atoms with E-state index in [1.54, 1.807) is 0 Å². The van der Waals surface area contributed by atoms with Crippen LogP contribution in [0.4, 0.5) is 0 Å². The first kappa shape index (κ1) is 26.8. The number of hydrogen-bond donors (Lipinski definition) is 0. The van der Waals surface area contributed by atoms with Gasteiger partial charge in [-0.3, -0.25) is 0 Å². The molecule has 0 saturated carbocycles. The Balaban J connectivity index is 1.48. The second kappa shape index (κ2) is 10.1. The Morgan fingerprint density at radius 1 is 0.364 bits per heavy atom. The van der Waals surface area contributed by atoms with Gasteiger partial charge < -0.3 is 4.42 Å². The number of hydrogen-bond acceptors (Lipinski definition) is 1. The van der Waals surface area contributed by atoms with Gasteiger partial charge in [0.2, 0.25) is 0 Å². The lowest BCUT2D eigenvalue weighted by molar-refractivity contribution is 0.669. The van der Waals surface area contributed by atoms with E-state index in [1.165, 1.54) is 82.2 Å². The summed E-state index contributed by atoms with van der Waals surface area (Å²) in [6.45, 7) is 0. The molecule has 0 fully saturated rings. The van der Waals surface area contributed by atoms with Gasteiger partial charge in [-0.2, -0.15) is 0 Å². The molecule has 0 bridgehead atoms. The van der Waals surface area contributed by atoms with Crippen LogP contribution in [0.5, 0.6) is 0 Å². The number of fused-ring (bicyclic) bond motifs is 5. The topological polar surface area (TPSA) is 13.1 Å². The molecule has 6 heteroatoms. The van der Waals surface area contributed by atoms with Crippen molar-refractivity contribution in [2.24, 2.45) is 0 Å². The standard InChI is InChI=1S/C38H29B5O/c39-34-33(35(40)37(42)38(43)36(34)41)32-25-13-6-4-11-23(25)30(24-12-5-7-14-26(24)32)21-17-18-28-27(19-21)31-22(15-8-16-29(31)44-28)20-9-2-1-3-10-20/h1-19H,39-43H2. The van der Waals surface area contributed by atoms with Crippen molar-refractivity contribution in [2.45, 2.75) is 0 Å². The van der Waals surface area contributed by atoms with Gasteiger partial charge in [-0.05, 0) is 73.1 Å². The van der Waals surface area contributed by atoms with Gasteiger partial charge in [0.05, 0.1) is 0 Å². The third kappa shape index (κ3) is 3.87. The quantitative estimate of drug-likeness (QED) is 0.241. The normalized spacial score (nSPS) is 11.6. The highest BCUT2D eigenvalue weighted by Crippen LogP contribution is 2.44. The lowest BCUT2D eigenvalue weighted by Crippen LogP contribution is -2.55. The zero-order valence-electron chi connectivity index (χ0n) is 25.9. The summed E-state index contributed by atoms with van der Waals surface area (Å²) in [6, 6.07) is 41.7. The molecule has 8 aromatic rings. The first-order valence-corrected chi connectivity index (χ1v) is 15.5. The molecule has 8 rings (SSSR count). The molecule has 0 unspecified atom stereocenters. The fourth-order valence-electron chi connectivity index (χ4n) is 7.42. The van der Waals surface area contributed by atoms with Crippen LogP contribution in [0.3, 0.4) is 0 Å². The predicted molar refractivity (Wildman–Crippen MR) is 206 cm³/mol. The zero-order valence-corrected chi connectivity index (χ0v) is 25.9. The van der Waals surface area contributed by atoms with Gasteiger partial charge in [0.25, 0.3) is 0 Å². The molecular formula is C38H29B5O. The van der Waals surface area contributed by atoms with Crippen LogP contribution in [0.15, 0.2) is 120 Å². The van der Waals surface area contributed by atoms with Crippen LogP contribution in [-0.4, -0.2) is 39.2 Å². The van der Waals surface area contributed by atoms with Crippen LogP contribution < -0.4 is 27.3 Å². The van der Waals surface area contributed by atoms with Crippen LogP contribution in [0.2, 0.25) is 0 Å². The highest BCUT2D eigenvalue weighted by atomic mass is 16.3. The predicted octanol–water partition coefficient (Wildman–Crippen LogP) is 2.19. The number of benzene rings is 7. The second-order valence-electron chi connectivity index (χ2n) is 12.2. The summed E-state index contributed by atoms with van der Waals surface area (Å²) < 4.78 is 6.42. The number of rotatable bonds is 3. The fourth-order valence-corrected chi connectivity index (χ4v) is 7.42. The fraction of sp³-hybridized carbons (Fsp3) is 0. The van der Waals surface area contributed by atoms with Crippen LogP contribution in [0, 0.1) is 0 Å². The average molecular weight is 556 g/mol. The average Bonchev–Trinajstić information content (AvgIpc) is 3.45. The minimum Gasteiger partial charge on any atom is -0.456 e. The van der Waals surface area contributed by atoms with Crippen LogP contribution in [0.25, 0.3) is 76.9 Å². The molecule has 7 aromatic carbocycles. The van der Waals surface area contributed by atoms with E-state index in [4.69, 9.17) is 4.42 Å². The van der Waals surface area contributed by atoms with Crippen LogP contribution in [0.1, 0.15) is 0 Å². The summed E-state index contributed by atoms with van der Waals surface area (Å²) in [5.41, 5.74) is 16.3. The van der Waals surface area contributed by atoms with E-state index in [9.17, 15) is 0 Å². The van der Waals surface area contributed by atoms with E-state index in [0.717, 1.165) is 21.9 Å². The van der Waals surface area contributed by atoms with E-state index < -0.39 is 0 Å². The lowest BCUT2D eigenvalue weighted by Gasteiger charge is -2.24. The van der Waals surface area contributed by atoms with E-state index in [-0.39, 0.29) is 0 Å². The molecular weight excluding hydrogens is 526 g/mol. The van der Waals surface area contributed by atoms with E-state index in [0.29, 0.717) is 0 Å². The van der Waals surface area contributed by atoms with E-state index >= 15 is 0 Å². The monoisotopic (exact) mass is 556 g/mol. The summed E-state index contributed by atoms with van der Waals surface area (Å²) in [5.74, 6) is 0. The third-order valence-corrected chi connectivity index (χ3v) is 10.0. The smallest absolute Gasteiger partial charge is 0.139 e. The molecule has 1 heterocycles. The third-order valence-electron chi connectivity index (χ3n) is 10.0. The first-order chi connectivity index (χ1) is 21.4. The van der Waals surface area contributed by atoms with Crippen molar-refractivity contribution in [3.8, 4) is 33.4 Å². The molecule has 0 saturated heterocycles. The summed E-state index contributed by atoms with van der Waals surface area (Å²) >= 11 is 0. The van der Waals surface area contributed by atoms with Gasteiger partial charge in [0, 0.05) is 10.8 Å². The summed E-state index contributed by atoms with van der Waals surface area (Å²) in [6.07, 6.45) is 0. The van der Waals surface area contributed by atoms with E-state index in [1.807, 2.05) is 0 Å². The molecule has 0 aliphatic carbocycles. The molecule has 202 valence electrons. The molecule has 0 radical (unpaired) electrons. The SMILES string of the molecule is Bc1c(B)c(B)c(-c2c3ccccc3c(-c3ccc4oc5cccc(-c6ccccc6)c5c4c3)c3ccccc23)c(B)c1B. The van der Waals surface area contributed by atoms with Gasteiger partial charge in [-0.25, -0.2) is 0 Å². The molecule has 0 spiro atoms. The Morgan fingerprint density at radius 3 is 1.52 bits per heavy atom. The minimum atomic E-state index is 0.911. The Kier molecular flexibility index (Phi) is 6.17. The maximum atomic E-state index is 6.42. The first-order valence-electron chi connectivity index (χ1n) is 15.5. The summed E-state index contributed by atoms with van der Waals surface area (Å²) in [7, 11) is 11.4. The van der Waals surface area contributed by atoms with Crippen molar-refractivity contribution in [3.05, 3.63) is 115 Å². The zero-order chi connectivity index (χ0) is 30.1. The Labute approximate surface area is 262 Å². The van der Waals surface area contributed by atoms with Crippen molar-refractivity contribution >= 4 is 110 Å². The van der Waals surface area contributed by atoms with Gasteiger partial charge in [0.1, 0.15) is 50.4 Å². The van der Waals surface area contributed by atoms with Crippen molar-refractivity contribution in [3.63, 3.8) is 0 Å². The molecule has 0 aliphatic heterocycles. The van der Waals surface area contributed by atoms with Crippen molar-refractivity contribution in [1.29, 1.82) is 0 Å². The van der Waals surface area contributed by atoms with Gasteiger partial charge >= 0.3 is 0 Å².